The minimum absolute atomic E-state index is 0.142. The average Bonchev–Trinajstić information content (AvgIpc) is 2.60. The summed E-state index contributed by atoms with van der Waals surface area (Å²) in [6.07, 6.45) is 2.50. The predicted molar refractivity (Wildman–Crippen MR) is 60.0 cm³/mol. The Labute approximate surface area is 93.1 Å². The Morgan fingerprint density at radius 1 is 1.56 bits per heavy atom. The van der Waals surface area contributed by atoms with Crippen LogP contribution in [0.25, 0.3) is 0 Å². The number of benzene rings is 1. The third-order valence-electron chi connectivity index (χ3n) is 2.64. The van der Waals surface area contributed by atoms with Gasteiger partial charge in [0.2, 0.25) is 0 Å². The molecule has 0 spiro atoms. The average molecular weight is 219 g/mol. The summed E-state index contributed by atoms with van der Waals surface area (Å²) in [5.74, 6) is 0. The molecule has 1 amide bonds. The highest BCUT2D eigenvalue weighted by molar-refractivity contribution is 5.80. The summed E-state index contributed by atoms with van der Waals surface area (Å²) in [4.78, 5) is 14.6. The highest BCUT2D eigenvalue weighted by Gasteiger charge is 2.18. The Balaban J connectivity index is 2.13. The zero-order chi connectivity index (χ0) is 11.5. The molecule has 0 unspecified atom stereocenters. The number of aryl methyl sites for hydroxylation is 1. The lowest BCUT2D eigenvalue weighted by Crippen LogP contribution is -2.09. The van der Waals surface area contributed by atoms with E-state index in [0.717, 1.165) is 18.4 Å². The van der Waals surface area contributed by atoms with Crippen molar-refractivity contribution in [2.45, 2.75) is 18.9 Å². The van der Waals surface area contributed by atoms with Gasteiger partial charge in [0, 0.05) is 6.04 Å². The number of hydrogen-bond acceptors (Lipinski definition) is 4. The van der Waals surface area contributed by atoms with E-state index in [2.05, 4.69) is 9.99 Å². The quantitative estimate of drug-likeness (QED) is 0.442. The Kier molecular flexibility index (Phi) is 2.87. The van der Waals surface area contributed by atoms with Gasteiger partial charge in [-0.05, 0) is 35.6 Å². The van der Waals surface area contributed by atoms with Gasteiger partial charge in [0.25, 0.3) is 0 Å². The first-order valence-electron chi connectivity index (χ1n) is 5.05. The lowest BCUT2D eigenvalue weighted by molar-refractivity contribution is 0.162. The first kappa shape index (κ1) is 10.6. The molecule has 1 atom stereocenters. The van der Waals surface area contributed by atoms with E-state index in [1.165, 1.54) is 17.3 Å². The van der Waals surface area contributed by atoms with E-state index in [9.17, 15) is 4.79 Å². The summed E-state index contributed by atoms with van der Waals surface area (Å²) in [6.45, 7) is 0. The summed E-state index contributed by atoms with van der Waals surface area (Å²) in [5, 5.41) is 3.45. The molecule has 0 aliphatic heterocycles. The maximum atomic E-state index is 10.3. The van der Waals surface area contributed by atoms with Crippen molar-refractivity contribution in [1.29, 1.82) is 0 Å². The first-order chi connectivity index (χ1) is 7.66. The summed E-state index contributed by atoms with van der Waals surface area (Å²) < 4.78 is 0. The third kappa shape index (κ3) is 2.20. The Bertz CT molecular complexity index is 443. The molecule has 1 aliphatic carbocycles. The van der Waals surface area contributed by atoms with E-state index in [0.29, 0.717) is 0 Å². The summed E-state index contributed by atoms with van der Waals surface area (Å²) in [7, 11) is 0. The Morgan fingerprint density at radius 3 is 3.12 bits per heavy atom. The van der Waals surface area contributed by atoms with Crippen LogP contribution in [-0.2, 0) is 11.3 Å². The molecular weight excluding hydrogens is 206 g/mol. The monoisotopic (exact) mass is 219 g/mol. The van der Waals surface area contributed by atoms with Crippen molar-refractivity contribution in [2.75, 3.05) is 0 Å². The zero-order valence-corrected chi connectivity index (χ0v) is 8.72. The summed E-state index contributed by atoms with van der Waals surface area (Å²) >= 11 is 0. The fourth-order valence-electron chi connectivity index (χ4n) is 1.89. The van der Waals surface area contributed by atoms with Gasteiger partial charge >= 0.3 is 6.09 Å². The standard InChI is InChI=1S/C11H13N3O2/c12-10-4-2-8-5-7(1-3-9(8)10)6-14-16-11(13)15/h1,3,5-6,10H,2,4,12H2,(H2,13,15)/b14-6+/t10-/m0/s1. The number of nitrogens with zero attached hydrogens (tertiary/aromatic N) is 1. The topological polar surface area (TPSA) is 90.7 Å². The van der Waals surface area contributed by atoms with Crippen molar-refractivity contribution in [3.05, 3.63) is 34.9 Å². The van der Waals surface area contributed by atoms with Crippen molar-refractivity contribution in [3.8, 4) is 0 Å². The molecule has 16 heavy (non-hydrogen) atoms. The molecule has 0 aromatic heterocycles. The molecular formula is C11H13N3O2. The van der Waals surface area contributed by atoms with E-state index in [1.54, 1.807) is 0 Å². The number of rotatable bonds is 2. The van der Waals surface area contributed by atoms with Gasteiger partial charge in [0.15, 0.2) is 0 Å². The molecule has 1 aromatic rings. The van der Waals surface area contributed by atoms with E-state index >= 15 is 0 Å². The van der Waals surface area contributed by atoms with Crippen molar-refractivity contribution < 1.29 is 9.63 Å². The number of oxime groups is 1. The number of fused-ring (bicyclic) bond motifs is 1. The van der Waals surface area contributed by atoms with Gasteiger partial charge in [-0.15, -0.1) is 0 Å². The number of amides is 1. The second-order valence-corrected chi connectivity index (χ2v) is 3.75. The van der Waals surface area contributed by atoms with Crippen LogP contribution in [0.5, 0.6) is 0 Å². The van der Waals surface area contributed by atoms with Crippen LogP contribution in [0.3, 0.4) is 0 Å². The highest BCUT2D eigenvalue weighted by atomic mass is 16.7. The maximum Gasteiger partial charge on any atom is 0.430 e. The van der Waals surface area contributed by atoms with Crippen molar-refractivity contribution in [3.63, 3.8) is 0 Å². The minimum atomic E-state index is -0.917. The molecule has 1 aromatic carbocycles. The molecule has 1 aliphatic rings. The van der Waals surface area contributed by atoms with Crippen LogP contribution in [0.15, 0.2) is 23.4 Å². The SMILES string of the molecule is NC(=O)O/N=C/c1ccc2c(c1)CC[C@@H]2N. The van der Waals surface area contributed by atoms with E-state index < -0.39 is 6.09 Å². The highest BCUT2D eigenvalue weighted by Crippen LogP contribution is 2.29. The van der Waals surface area contributed by atoms with E-state index in [-0.39, 0.29) is 6.04 Å². The molecule has 0 fully saturated rings. The maximum absolute atomic E-state index is 10.3. The Morgan fingerprint density at radius 2 is 2.38 bits per heavy atom. The summed E-state index contributed by atoms with van der Waals surface area (Å²) in [5.41, 5.74) is 14.0. The predicted octanol–water partition coefficient (Wildman–Crippen LogP) is 1.06. The second kappa shape index (κ2) is 4.32. The van der Waals surface area contributed by atoms with Crippen LogP contribution in [0.2, 0.25) is 0 Å². The van der Waals surface area contributed by atoms with E-state index in [4.69, 9.17) is 11.5 Å². The second-order valence-electron chi connectivity index (χ2n) is 3.75. The van der Waals surface area contributed by atoms with Gasteiger partial charge < -0.3 is 11.5 Å². The van der Waals surface area contributed by atoms with Crippen LogP contribution in [0, 0.1) is 0 Å². The van der Waals surface area contributed by atoms with Crippen LogP contribution in [0.4, 0.5) is 4.79 Å². The molecule has 0 saturated heterocycles. The largest absolute Gasteiger partial charge is 0.430 e. The summed E-state index contributed by atoms with van der Waals surface area (Å²) in [6, 6.07) is 6.01. The number of hydrogen-bond donors (Lipinski definition) is 2. The zero-order valence-electron chi connectivity index (χ0n) is 8.72. The normalized spacial score (nSPS) is 18.7. The molecule has 4 N–H and O–H groups in total. The van der Waals surface area contributed by atoms with Gasteiger partial charge in [-0.25, -0.2) is 4.79 Å². The number of nitrogens with two attached hydrogens (primary N) is 2. The number of primary amides is 1. The lowest BCUT2D eigenvalue weighted by atomic mass is 10.1. The molecule has 0 radical (unpaired) electrons. The van der Waals surface area contributed by atoms with Crippen LogP contribution in [0.1, 0.15) is 29.2 Å². The van der Waals surface area contributed by atoms with Crippen LogP contribution < -0.4 is 11.5 Å². The Hall–Kier alpha value is -1.88. The minimum Gasteiger partial charge on any atom is -0.333 e. The van der Waals surface area contributed by atoms with Gasteiger partial charge in [0.1, 0.15) is 0 Å². The molecule has 5 nitrogen and oxygen atoms in total. The van der Waals surface area contributed by atoms with Gasteiger partial charge in [-0.2, -0.15) is 0 Å². The van der Waals surface area contributed by atoms with Crippen molar-refractivity contribution in [2.24, 2.45) is 16.6 Å². The number of carbonyl (C=O) groups is 1. The third-order valence-corrected chi connectivity index (χ3v) is 2.64. The van der Waals surface area contributed by atoms with Gasteiger partial charge in [0.05, 0.1) is 6.21 Å². The molecule has 0 bridgehead atoms. The molecule has 84 valence electrons. The van der Waals surface area contributed by atoms with Gasteiger partial charge in [-0.1, -0.05) is 17.3 Å². The van der Waals surface area contributed by atoms with Crippen LogP contribution >= 0.6 is 0 Å². The first-order valence-corrected chi connectivity index (χ1v) is 5.05. The van der Waals surface area contributed by atoms with Crippen LogP contribution in [-0.4, -0.2) is 12.3 Å². The molecule has 5 heteroatoms. The fourth-order valence-corrected chi connectivity index (χ4v) is 1.89. The molecule has 0 heterocycles. The molecule has 2 rings (SSSR count). The lowest BCUT2D eigenvalue weighted by Gasteiger charge is -2.04. The smallest absolute Gasteiger partial charge is 0.333 e. The van der Waals surface area contributed by atoms with Gasteiger partial charge in [-0.3, -0.25) is 4.84 Å². The molecule has 0 saturated carbocycles. The number of carbonyl (C=O) groups excluding carboxylic acids is 1. The fraction of sp³-hybridized carbons (Fsp3) is 0.273. The van der Waals surface area contributed by atoms with Crippen molar-refractivity contribution >= 4 is 12.3 Å². The van der Waals surface area contributed by atoms with Crippen molar-refractivity contribution in [1.82, 2.24) is 0 Å². The van der Waals surface area contributed by atoms with E-state index in [1.807, 2.05) is 18.2 Å².